The van der Waals surface area contributed by atoms with E-state index in [1.807, 2.05) is 12.1 Å². The second-order valence-electron chi connectivity index (χ2n) is 9.84. The van der Waals surface area contributed by atoms with Crippen LogP contribution < -0.4 is 5.32 Å². The molecule has 0 aliphatic heterocycles. The van der Waals surface area contributed by atoms with Crippen LogP contribution in [0.2, 0.25) is 0 Å². The fourth-order valence-corrected chi connectivity index (χ4v) is 6.00. The van der Waals surface area contributed by atoms with Crippen molar-refractivity contribution in [1.82, 2.24) is 9.29 Å². The number of hydrogen-bond donors (Lipinski definition) is 1. The molecule has 0 bridgehead atoms. The summed E-state index contributed by atoms with van der Waals surface area (Å²) in [6, 6.07) is 19.0. The van der Waals surface area contributed by atoms with Crippen LogP contribution in [0.4, 0.5) is 23.2 Å². The molecular weight excluding hydrogens is 558 g/mol. The number of nitrogens with zero attached hydrogens (tertiary/aromatic N) is 2. The molecule has 2 atom stereocenters. The van der Waals surface area contributed by atoms with Crippen LogP contribution in [0.5, 0.6) is 0 Å². The zero-order valence-corrected chi connectivity index (χ0v) is 22.4. The van der Waals surface area contributed by atoms with Crippen molar-refractivity contribution in [3.05, 3.63) is 125 Å². The highest BCUT2D eigenvalue weighted by Gasteiger charge is 2.44. The number of hydrogen-bond acceptors (Lipinski definition) is 4. The summed E-state index contributed by atoms with van der Waals surface area (Å²) >= 11 is 0. The minimum absolute atomic E-state index is 0.0643. The first-order chi connectivity index (χ1) is 19.5. The summed E-state index contributed by atoms with van der Waals surface area (Å²) in [5, 5.41) is 2.82. The topological polar surface area (TPSA) is 79.4 Å². The van der Waals surface area contributed by atoms with Gasteiger partial charge in [0, 0.05) is 37.1 Å². The van der Waals surface area contributed by atoms with Gasteiger partial charge in [0.25, 0.3) is 0 Å². The van der Waals surface area contributed by atoms with Crippen molar-refractivity contribution in [3.63, 3.8) is 0 Å². The molecule has 0 saturated heterocycles. The molecule has 0 spiro atoms. The number of aromatic nitrogens is 1. The lowest BCUT2D eigenvalue weighted by molar-refractivity contribution is -0.137. The normalized spacial score (nSPS) is 16.9. The number of alkyl halides is 3. The van der Waals surface area contributed by atoms with Crippen LogP contribution in [0.25, 0.3) is 0 Å². The van der Waals surface area contributed by atoms with Gasteiger partial charge in [-0.05, 0) is 89.7 Å². The summed E-state index contributed by atoms with van der Waals surface area (Å²) in [6.07, 6.45) is -0.447. The highest BCUT2D eigenvalue weighted by atomic mass is 32.2. The van der Waals surface area contributed by atoms with E-state index in [1.54, 1.807) is 12.4 Å². The second-order valence-corrected chi connectivity index (χ2v) is 11.8. The third-order valence-electron chi connectivity index (χ3n) is 6.93. The van der Waals surface area contributed by atoms with Crippen LogP contribution in [-0.2, 0) is 34.1 Å². The number of anilines is 1. The SMILES string of the molecule is O=C(Nc1ccc(S(=O)(=O)N(Cc2ccc(F)cc2)Cc2ccc(C(F)(F)F)cc2)cc1)C1CC1c1ccncc1. The minimum atomic E-state index is -4.52. The Kier molecular flexibility index (Phi) is 7.92. The number of carbonyl (C=O) groups excluding carboxylic acids is 1. The highest BCUT2D eigenvalue weighted by Crippen LogP contribution is 2.47. The van der Waals surface area contributed by atoms with Gasteiger partial charge in [-0.1, -0.05) is 24.3 Å². The quantitative estimate of drug-likeness (QED) is 0.232. The van der Waals surface area contributed by atoms with E-state index < -0.39 is 27.6 Å². The van der Waals surface area contributed by atoms with E-state index in [4.69, 9.17) is 0 Å². The number of nitrogens with one attached hydrogen (secondary N) is 1. The van der Waals surface area contributed by atoms with E-state index in [1.165, 1.54) is 60.7 Å². The Morgan fingerprint density at radius 2 is 1.41 bits per heavy atom. The molecule has 6 nitrogen and oxygen atoms in total. The van der Waals surface area contributed by atoms with Crippen LogP contribution in [0, 0.1) is 11.7 Å². The van der Waals surface area contributed by atoms with Gasteiger partial charge in [-0.3, -0.25) is 9.78 Å². The third-order valence-corrected chi connectivity index (χ3v) is 8.74. The third kappa shape index (κ3) is 6.80. The van der Waals surface area contributed by atoms with Crippen LogP contribution in [0.1, 0.15) is 34.6 Å². The Bertz CT molecular complexity index is 1610. The number of amides is 1. The van der Waals surface area contributed by atoms with Gasteiger partial charge in [-0.15, -0.1) is 0 Å². The van der Waals surface area contributed by atoms with E-state index in [0.29, 0.717) is 23.2 Å². The molecular formula is C30H25F4N3O3S. The summed E-state index contributed by atoms with van der Waals surface area (Å²) in [7, 11) is -4.14. The molecule has 1 saturated carbocycles. The number of halogens is 4. The zero-order chi connectivity index (χ0) is 29.2. The second kappa shape index (κ2) is 11.4. The lowest BCUT2D eigenvalue weighted by Gasteiger charge is -2.23. The van der Waals surface area contributed by atoms with E-state index >= 15 is 0 Å². The molecule has 4 aromatic rings. The van der Waals surface area contributed by atoms with E-state index in [9.17, 15) is 30.8 Å². The van der Waals surface area contributed by atoms with E-state index in [-0.39, 0.29) is 35.7 Å². The van der Waals surface area contributed by atoms with Crippen molar-refractivity contribution in [3.8, 4) is 0 Å². The molecule has 3 aromatic carbocycles. The predicted octanol–water partition coefficient (Wildman–Crippen LogP) is 6.37. The van der Waals surface area contributed by atoms with Gasteiger partial charge >= 0.3 is 6.18 Å². The summed E-state index contributed by atoms with van der Waals surface area (Å²) < 4.78 is 80.9. The van der Waals surface area contributed by atoms with E-state index in [2.05, 4.69) is 10.3 Å². The standard InChI is InChI=1S/C30H25F4N3O3S/c31-24-7-3-21(4-8-24)19-37(18-20-1-5-23(6-2-20)30(32,33)34)41(39,40)26-11-9-25(10-12-26)36-29(38)28-17-27(28)22-13-15-35-16-14-22/h1-16,27-28H,17-19H2,(H,36,38). The lowest BCUT2D eigenvalue weighted by atomic mass is 10.1. The van der Waals surface area contributed by atoms with Gasteiger partial charge in [0.15, 0.2) is 0 Å². The smallest absolute Gasteiger partial charge is 0.326 e. The van der Waals surface area contributed by atoms with Gasteiger partial charge in [0.05, 0.1) is 10.5 Å². The number of carbonyl (C=O) groups is 1. The summed E-state index contributed by atoms with van der Waals surface area (Å²) in [6.45, 7) is -0.353. The summed E-state index contributed by atoms with van der Waals surface area (Å²) in [5.74, 6) is -0.719. The maximum Gasteiger partial charge on any atom is 0.416 e. The fourth-order valence-electron chi connectivity index (χ4n) is 4.58. The first-order valence-corrected chi connectivity index (χ1v) is 14.2. The Balaban J connectivity index is 1.32. The first kappa shape index (κ1) is 28.4. The summed E-state index contributed by atoms with van der Waals surface area (Å²) in [5.41, 5.74) is 1.47. The van der Waals surface area contributed by atoms with Gasteiger partial charge in [0.1, 0.15) is 5.82 Å². The average molecular weight is 584 g/mol. The van der Waals surface area contributed by atoms with Gasteiger partial charge in [-0.25, -0.2) is 12.8 Å². The Labute approximate surface area is 234 Å². The molecule has 1 aliphatic rings. The van der Waals surface area contributed by atoms with Crippen LogP contribution >= 0.6 is 0 Å². The molecule has 5 rings (SSSR count). The average Bonchev–Trinajstić information content (AvgIpc) is 3.76. The monoisotopic (exact) mass is 583 g/mol. The molecule has 212 valence electrons. The molecule has 1 aromatic heterocycles. The predicted molar refractivity (Wildman–Crippen MR) is 144 cm³/mol. The molecule has 1 aliphatic carbocycles. The molecule has 1 fully saturated rings. The van der Waals surface area contributed by atoms with Crippen LogP contribution in [0.15, 0.2) is 102 Å². The number of benzene rings is 3. The van der Waals surface area contributed by atoms with E-state index in [0.717, 1.165) is 22.0 Å². The molecule has 1 N–H and O–H groups in total. The Hall–Kier alpha value is -4.09. The van der Waals surface area contributed by atoms with Crippen molar-refractivity contribution in [2.75, 3.05) is 5.32 Å². The number of rotatable bonds is 9. The molecule has 11 heteroatoms. The maximum absolute atomic E-state index is 13.7. The summed E-state index contributed by atoms with van der Waals surface area (Å²) in [4.78, 5) is 16.6. The largest absolute Gasteiger partial charge is 0.416 e. The van der Waals surface area contributed by atoms with Crippen molar-refractivity contribution >= 4 is 21.6 Å². The molecule has 1 amide bonds. The Morgan fingerprint density at radius 1 is 0.854 bits per heavy atom. The maximum atomic E-state index is 13.7. The molecule has 41 heavy (non-hydrogen) atoms. The van der Waals surface area contributed by atoms with Crippen molar-refractivity contribution in [1.29, 1.82) is 0 Å². The van der Waals surface area contributed by atoms with Gasteiger partial charge < -0.3 is 5.32 Å². The first-order valence-electron chi connectivity index (χ1n) is 12.7. The molecule has 2 unspecified atom stereocenters. The van der Waals surface area contributed by atoms with Crippen LogP contribution in [0.3, 0.4) is 0 Å². The highest BCUT2D eigenvalue weighted by molar-refractivity contribution is 7.89. The minimum Gasteiger partial charge on any atom is -0.326 e. The lowest BCUT2D eigenvalue weighted by Crippen LogP contribution is -2.30. The van der Waals surface area contributed by atoms with Crippen molar-refractivity contribution in [2.45, 2.75) is 36.5 Å². The number of sulfonamides is 1. The van der Waals surface area contributed by atoms with Crippen molar-refractivity contribution < 1.29 is 30.8 Å². The number of pyridine rings is 1. The fraction of sp³-hybridized carbons (Fsp3) is 0.200. The molecule has 1 heterocycles. The van der Waals surface area contributed by atoms with Gasteiger partial charge in [-0.2, -0.15) is 17.5 Å². The molecule has 0 radical (unpaired) electrons. The zero-order valence-electron chi connectivity index (χ0n) is 21.6. The van der Waals surface area contributed by atoms with Crippen molar-refractivity contribution in [2.24, 2.45) is 5.92 Å². The Morgan fingerprint density at radius 3 is 1.98 bits per heavy atom. The van der Waals surface area contributed by atoms with Gasteiger partial charge in [0.2, 0.25) is 15.9 Å². The van der Waals surface area contributed by atoms with Crippen LogP contribution in [-0.4, -0.2) is 23.6 Å².